The zero-order valence-electron chi connectivity index (χ0n) is 12.7. The first-order valence-corrected chi connectivity index (χ1v) is 8.55. The van der Waals surface area contributed by atoms with Gasteiger partial charge in [0, 0.05) is 31.1 Å². The Labute approximate surface area is 134 Å². The molecule has 2 aliphatic rings. The van der Waals surface area contributed by atoms with Gasteiger partial charge in [-0.15, -0.1) is 0 Å². The van der Waals surface area contributed by atoms with Crippen molar-refractivity contribution in [3.63, 3.8) is 0 Å². The maximum atomic E-state index is 11.7. The van der Waals surface area contributed by atoms with Crippen molar-refractivity contribution in [2.24, 2.45) is 0 Å². The normalized spacial score (nSPS) is 21.7. The Morgan fingerprint density at radius 2 is 2.14 bits per heavy atom. The number of aryl methyl sites for hydroxylation is 1. The molecule has 1 aliphatic heterocycles. The average molecular weight is 352 g/mol. The number of alkyl halides is 1. The molecule has 4 heteroatoms. The summed E-state index contributed by atoms with van der Waals surface area (Å²) in [6, 6.07) is 6.46. The minimum absolute atomic E-state index is 0.0663. The van der Waals surface area contributed by atoms with Gasteiger partial charge in [0.15, 0.2) is 0 Å². The largest absolute Gasteiger partial charge is 0.378 e. The van der Waals surface area contributed by atoms with Crippen molar-refractivity contribution in [2.75, 3.05) is 19.1 Å². The molecule has 1 saturated carbocycles. The zero-order valence-corrected chi connectivity index (χ0v) is 14.3. The molecule has 0 saturated heterocycles. The van der Waals surface area contributed by atoms with E-state index < -0.39 is 0 Å². The summed E-state index contributed by atoms with van der Waals surface area (Å²) >= 11 is 3.83. The molecule has 0 N–H and O–H groups in total. The van der Waals surface area contributed by atoms with Crippen LogP contribution >= 0.6 is 15.9 Å². The van der Waals surface area contributed by atoms with Crippen LogP contribution in [0.15, 0.2) is 18.2 Å². The molecule has 1 unspecified atom stereocenters. The van der Waals surface area contributed by atoms with E-state index in [1.54, 1.807) is 4.90 Å². The zero-order chi connectivity index (χ0) is 15.0. The third kappa shape index (κ3) is 2.76. The Morgan fingerprint density at radius 1 is 1.38 bits per heavy atom. The fraction of sp³-hybridized carbons (Fsp3) is 0.588. The Kier molecular flexibility index (Phi) is 4.10. The van der Waals surface area contributed by atoms with Crippen LogP contribution in [-0.2, 0) is 16.0 Å². The van der Waals surface area contributed by atoms with Gasteiger partial charge >= 0.3 is 0 Å². The average Bonchev–Trinajstić information content (AvgIpc) is 2.46. The van der Waals surface area contributed by atoms with Gasteiger partial charge in [0.05, 0.1) is 5.60 Å². The minimum Gasteiger partial charge on any atom is -0.378 e. The predicted octanol–water partition coefficient (Wildman–Crippen LogP) is 3.99. The molecule has 3 nitrogen and oxygen atoms in total. The number of nitrogens with zero attached hydrogens (tertiary/aromatic N) is 1. The summed E-state index contributed by atoms with van der Waals surface area (Å²) in [5.74, 6) is 0.207. The van der Waals surface area contributed by atoms with Crippen molar-refractivity contribution >= 4 is 27.5 Å². The first-order valence-electron chi connectivity index (χ1n) is 7.63. The number of ether oxygens (including phenoxy) is 1. The van der Waals surface area contributed by atoms with E-state index in [1.165, 1.54) is 17.5 Å². The lowest BCUT2D eigenvalue weighted by molar-refractivity contribution is -0.118. The molecule has 1 amide bonds. The van der Waals surface area contributed by atoms with Gasteiger partial charge in [-0.25, -0.2) is 0 Å². The number of hydrogen-bond acceptors (Lipinski definition) is 2. The second kappa shape index (κ2) is 5.73. The monoisotopic (exact) mass is 351 g/mol. The van der Waals surface area contributed by atoms with E-state index >= 15 is 0 Å². The minimum atomic E-state index is 0.0663. The molecule has 1 heterocycles. The lowest BCUT2D eigenvalue weighted by Crippen LogP contribution is -2.39. The van der Waals surface area contributed by atoms with Crippen molar-refractivity contribution in [3.8, 4) is 0 Å². The summed E-state index contributed by atoms with van der Waals surface area (Å²) in [5, 5.41) is 0. The topological polar surface area (TPSA) is 29.5 Å². The molecule has 1 fully saturated rings. The van der Waals surface area contributed by atoms with Crippen LogP contribution in [-0.4, -0.2) is 25.7 Å². The van der Waals surface area contributed by atoms with E-state index in [1.807, 2.05) is 14.2 Å². The number of anilines is 1. The SMILES string of the molecule is COC1(CC(Br)c2ccc3c(c2)CCC(=O)N3C)CCC1. The highest BCUT2D eigenvalue weighted by atomic mass is 79.9. The molecule has 1 aromatic carbocycles. The van der Waals surface area contributed by atoms with Crippen LogP contribution in [0.1, 0.15) is 48.1 Å². The molecule has 0 spiro atoms. The van der Waals surface area contributed by atoms with Crippen molar-refractivity contribution in [1.29, 1.82) is 0 Å². The van der Waals surface area contributed by atoms with Gasteiger partial charge in [0.1, 0.15) is 0 Å². The van der Waals surface area contributed by atoms with E-state index in [9.17, 15) is 4.79 Å². The Hall–Kier alpha value is -0.870. The van der Waals surface area contributed by atoms with E-state index in [-0.39, 0.29) is 11.5 Å². The number of halogens is 1. The standard InChI is InChI=1S/C17H22BrNO2/c1-19-15-6-4-12(10-13(15)5-7-16(19)20)14(18)11-17(21-2)8-3-9-17/h4,6,10,14H,3,5,7-9,11H2,1-2H3. The van der Waals surface area contributed by atoms with Gasteiger partial charge in [-0.3, -0.25) is 4.79 Å². The maximum absolute atomic E-state index is 11.7. The van der Waals surface area contributed by atoms with Crippen LogP contribution in [0, 0.1) is 0 Å². The van der Waals surface area contributed by atoms with Crippen LogP contribution in [0.5, 0.6) is 0 Å². The fourth-order valence-corrected chi connectivity index (χ4v) is 4.25. The summed E-state index contributed by atoms with van der Waals surface area (Å²) in [7, 11) is 3.69. The molecule has 0 bridgehead atoms. The third-order valence-electron chi connectivity index (χ3n) is 5.06. The van der Waals surface area contributed by atoms with E-state index in [2.05, 4.69) is 34.1 Å². The summed E-state index contributed by atoms with van der Waals surface area (Å²) in [5.41, 5.74) is 3.69. The van der Waals surface area contributed by atoms with E-state index in [0.29, 0.717) is 11.2 Å². The molecular formula is C17H22BrNO2. The Bertz CT molecular complexity index is 548. The van der Waals surface area contributed by atoms with Gasteiger partial charge in [-0.1, -0.05) is 28.1 Å². The number of fused-ring (bicyclic) bond motifs is 1. The van der Waals surface area contributed by atoms with E-state index in [0.717, 1.165) is 31.4 Å². The van der Waals surface area contributed by atoms with Crippen molar-refractivity contribution in [2.45, 2.75) is 49.0 Å². The van der Waals surface area contributed by atoms with Gasteiger partial charge in [0.2, 0.25) is 5.91 Å². The number of hydrogen-bond donors (Lipinski definition) is 0. The van der Waals surface area contributed by atoms with Gasteiger partial charge in [-0.05, 0) is 49.3 Å². The fourth-order valence-electron chi connectivity index (χ4n) is 3.38. The lowest BCUT2D eigenvalue weighted by atomic mass is 9.76. The van der Waals surface area contributed by atoms with Gasteiger partial charge < -0.3 is 9.64 Å². The highest BCUT2D eigenvalue weighted by Crippen LogP contribution is 2.45. The number of methoxy groups -OCH3 is 1. The van der Waals surface area contributed by atoms with Crippen LogP contribution < -0.4 is 4.90 Å². The quantitative estimate of drug-likeness (QED) is 0.767. The molecule has 1 atom stereocenters. The highest BCUT2D eigenvalue weighted by molar-refractivity contribution is 9.09. The van der Waals surface area contributed by atoms with Crippen molar-refractivity contribution < 1.29 is 9.53 Å². The molecule has 1 aromatic rings. The molecule has 0 radical (unpaired) electrons. The highest BCUT2D eigenvalue weighted by Gasteiger charge is 2.39. The lowest BCUT2D eigenvalue weighted by Gasteiger charge is -2.42. The number of carbonyl (C=O) groups is 1. The van der Waals surface area contributed by atoms with E-state index in [4.69, 9.17) is 4.74 Å². The number of amides is 1. The van der Waals surface area contributed by atoms with Gasteiger partial charge in [0.25, 0.3) is 0 Å². The van der Waals surface area contributed by atoms with Crippen LogP contribution in [0.4, 0.5) is 5.69 Å². The van der Waals surface area contributed by atoms with Crippen LogP contribution in [0.2, 0.25) is 0 Å². The number of benzene rings is 1. The third-order valence-corrected chi connectivity index (χ3v) is 5.91. The Balaban J connectivity index is 1.79. The number of carbonyl (C=O) groups excluding carboxylic acids is 1. The first-order chi connectivity index (χ1) is 10.0. The maximum Gasteiger partial charge on any atom is 0.227 e. The summed E-state index contributed by atoms with van der Waals surface area (Å²) < 4.78 is 5.73. The summed E-state index contributed by atoms with van der Waals surface area (Å²) in [6.07, 6.45) is 6.06. The predicted molar refractivity (Wildman–Crippen MR) is 88.0 cm³/mol. The number of rotatable bonds is 4. The molecule has 0 aromatic heterocycles. The molecule has 3 rings (SSSR count). The molecule has 1 aliphatic carbocycles. The second-order valence-electron chi connectivity index (χ2n) is 6.25. The van der Waals surface area contributed by atoms with Crippen LogP contribution in [0.3, 0.4) is 0 Å². The molecular weight excluding hydrogens is 330 g/mol. The van der Waals surface area contributed by atoms with Crippen molar-refractivity contribution in [1.82, 2.24) is 0 Å². The summed E-state index contributed by atoms with van der Waals surface area (Å²) in [4.78, 5) is 13.8. The molecule has 114 valence electrons. The second-order valence-corrected chi connectivity index (χ2v) is 7.36. The first kappa shape index (κ1) is 15.0. The molecule has 21 heavy (non-hydrogen) atoms. The Morgan fingerprint density at radius 3 is 2.76 bits per heavy atom. The summed E-state index contributed by atoms with van der Waals surface area (Å²) in [6.45, 7) is 0. The van der Waals surface area contributed by atoms with Crippen molar-refractivity contribution in [3.05, 3.63) is 29.3 Å². The van der Waals surface area contributed by atoms with Crippen LogP contribution in [0.25, 0.3) is 0 Å². The smallest absolute Gasteiger partial charge is 0.227 e. The van der Waals surface area contributed by atoms with Gasteiger partial charge in [-0.2, -0.15) is 0 Å².